The van der Waals surface area contributed by atoms with Crippen molar-refractivity contribution in [2.24, 2.45) is 7.05 Å². The Morgan fingerprint density at radius 3 is 2.38 bits per heavy atom. The number of nitrogens with one attached hydrogen (secondary N) is 1. The molecule has 0 aliphatic carbocycles. The molecule has 2 aromatic rings. The topological polar surface area (TPSA) is 52.5 Å². The average molecular weight is 511 g/mol. The number of nitrogens with zero attached hydrogens (tertiary/aromatic N) is 1. The van der Waals surface area contributed by atoms with Crippen molar-refractivity contribution < 1.29 is 9.47 Å². The zero-order chi connectivity index (χ0) is 27.0. The summed E-state index contributed by atoms with van der Waals surface area (Å²) in [6.45, 7) is 12.6. The van der Waals surface area contributed by atoms with Crippen molar-refractivity contribution in [2.75, 3.05) is 25.1 Å². The van der Waals surface area contributed by atoms with Crippen molar-refractivity contribution in [3.63, 3.8) is 0 Å². The fourth-order valence-corrected chi connectivity index (χ4v) is 4.28. The van der Waals surface area contributed by atoms with Gasteiger partial charge >= 0.3 is 0 Å². The summed E-state index contributed by atoms with van der Waals surface area (Å²) in [5.74, 6) is 0.858. The van der Waals surface area contributed by atoms with Gasteiger partial charge in [-0.2, -0.15) is 0 Å². The van der Waals surface area contributed by atoms with Gasteiger partial charge in [0.1, 0.15) is 6.61 Å². The molecule has 0 spiro atoms. The highest BCUT2D eigenvalue weighted by Gasteiger charge is 2.18. The van der Waals surface area contributed by atoms with E-state index in [4.69, 9.17) is 9.47 Å². The van der Waals surface area contributed by atoms with Gasteiger partial charge in [-0.25, -0.2) is 0 Å². The summed E-state index contributed by atoms with van der Waals surface area (Å²) in [6.07, 6.45) is 15.9. The molecule has 5 nitrogen and oxygen atoms in total. The van der Waals surface area contributed by atoms with E-state index in [0.29, 0.717) is 24.7 Å². The Hall–Kier alpha value is -2.69. The molecule has 0 aliphatic rings. The van der Waals surface area contributed by atoms with Gasteiger partial charge in [0.15, 0.2) is 5.75 Å². The van der Waals surface area contributed by atoms with Crippen molar-refractivity contribution in [1.29, 1.82) is 0 Å². The van der Waals surface area contributed by atoms with Crippen LogP contribution in [0.3, 0.4) is 0 Å². The molecule has 0 atom stereocenters. The zero-order valence-corrected chi connectivity index (χ0v) is 24.3. The second-order valence-corrected chi connectivity index (χ2v) is 10.3. The Morgan fingerprint density at radius 2 is 1.65 bits per heavy atom. The summed E-state index contributed by atoms with van der Waals surface area (Å²) in [5, 5.41) is 4.44. The van der Waals surface area contributed by atoms with Crippen molar-refractivity contribution >= 4 is 16.6 Å². The lowest BCUT2D eigenvalue weighted by atomic mass is 10.1. The van der Waals surface area contributed by atoms with E-state index < -0.39 is 0 Å². The standard InChI is InChI=1S/C32H50N2O3/c1-7-9-11-12-13-14-21-33-27-18-19-28-29(24-27)34(6)32(35)31(30(28)36-22-10-8-2)37-23-20-26(5)17-15-16-25(3)4/h16,18-20,24,33H,7-15,17,21-23H2,1-6H3. The van der Waals surface area contributed by atoms with Crippen molar-refractivity contribution in [2.45, 2.75) is 98.8 Å². The molecule has 206 valence electrons. The van der Waals surface area contributed by atoms with E-state index in [9.17, 15) is 4.79 Å². The van der Waals surface area contributed by atoms with Gasteiger partial charge in [-0.3, -0.25) is 4.79 Å². The quantitative estimate of drug-likeness (QED) is 0.161. The maximum Gasteiger partial charge on any atom is 0.297 e. The van der Waals surface area contributed by atoms with Crippen LogP contribution in [0.2, 0.25) is 0 Å². The minimum Gasteiger partial charge on any atom is -0.489 e. The van der Waals surface area contributed by atoms with Crippen LogP contribution in [0.25, 0.3) is 10.9 Å². The summed E-state index contributed by atoms with van der Waals surface area (Å²) in [6, 6.07) is 6.18. The molecule has 1 aromatic heterocycles. The predicted octanol–water partition coefficient (Wildman–Crippen LogP) is 8.56. The van der Waals surface area contributed by atoms with Crippen LogP contribution >= 0.6 is 0 Å². The van der Waals surface area contributed by atoms with Crippen molar-refractivity contribution in [3.8, 4) is 11.5 Å². The van der Waals surface area contributed by atoms with Crippen LogP contribution in [0.1, 0.15) is 98.8 Å². The molecule has 0 unspecified atom stereocenters. The number of hydrogen-bond donors (Lipinski definition) is 1. The molecule has 0 aliphatic heterocycles. The molecule has 0 fully saturated rings. The second kappa shape index (κ2) is 16.9. The SMILES string of the molecule is CCCCCCCCNc1ccc2c(OCCCC)c(OCC=C(C)CCC=C(C)C)c(=O)n(C)c2c1. The summed E-state index contributed by atoms with van der Waals surface area (Å²) in [7, 11) is 1.81. The highest BCUT2D eigenvalue weighted by Crippen LogP contribution is 2.34. The summed E-state index contributed by atoms with van der Waals surface area (Å²) >= 11 is 0. The van der Waals surface area contributed by atoms with Crippen LogP contribution in [0.15, 0.2) is 46.3 Å². The van der Waals surface area contributed by atoms with Gasteiger partial charge in [-0.05, 0) is 70.7 Å². The van der Waals surface area contributed by atoms with Gasteiger partial charge in [0.25, 0.3) is 5.56 Å². The normalized spacial score (nSPS) is 11.6. The number of anilines is 1. The van der Waals surface area contributed by atoms with Crippen molar-refractivity contribution in [3.05, 3.63) is 51.9 Å². The molecular formula is C32H50N2O3. The molecule has 1 aromatic carbocycles. The molecule has 0 saturated carbocycles. The lowest BCUT2D eigenvalue weighted by Gasteiger charge is -2.17. The first-order chi connectivity index (χ1) is 17.9. The highest BCUT2D eigenvalue weighted by molar-refractivity contribution is 5.90. The number of benzene rings is 1. The predicted molar refractivity (Wildman–Crippen MR) is 159 cm³/mol. The number of pyridine rings is 1. The summed E-state index contributed by atoms with van der Waals surface area (Å²) in [5.41, 5.74) is 4.30. The minimum absolute atomic E-state index is 0.164. The second-order valence-electron chi connectivity index (χ2n) is 10.3. The minimum atomic E-state index is -0.164. The molecule has 0 saturated heterocycles. The molecule has 37 heavy (non-hydrogen) atoms. The number of fused-ring (bicyclic) bond motifs is 1. The third kappa shape index (κ3) is 10.3. The van der Waals surface area contributed by atoms with E-state index in [2.05, 4.69) is 64.2 Å². The largest absolute Gasteiger partial charge is 0.489 e. The molecule has 0 bridgehead atoms. The van der Waals surface area contributed by atoms with E-state index >= 15 is 0 Å². The Labute approximate surface area is 224 Å². The van der Waals surface area contributed by atoms with E-state index in [1.54, 1.807) is 4.57 Å². The number of aromatic nitrogens is 1. The lowest BCUT2D eigenvalue weighted by molar-refractivity contribution is 0.278. The Bertz CT molecular complexity index is 1080. The van der Waals surface area contributed by atoms with E-state index in [1.807, 2.05) is 13.1 Å². The fraction of sp³-hybridized carbons (Fsp3) is 0.594. The molecule has 5 heteroatoms. The van der Waals surface area contributed by atoms with Crippen LogP contribution in [0.4, 0.5) is 5.69 Å². The van der Waals surface area contributed by atoms with Gasteiger partial charge in [-0.1, -0.05) is 69.6 Å². The van der Waals surface area contributed by atoms with Crippen LogP contribution in [-0.2, 0) is 7.05 Å². The number of aryl methyl sites for hydroxylation is 1. The first-order valence-corrected chi connectivity index (χ1v) is 14.3. The fourth-order valence-electron chi connectivity index (χ4n) is 4.28. The molecule has 1 N–H and O–H groups in total. The molecule has 1 heterocycles. The number of rotatable bonds is 18. The van der Waals surface area contributed by atoms with Crippen molar-refractivity contribution in [1.82, 2.24) is 4.57 Å². The van der Waals surface area contributed by atoms with E-state index in [0.717, 1.165) is 55.2 Å². The summed E-state index contributed by atoms with van der Waals surface area (Å²) < 4.78 is 13.9. The Kier molecular flexibility index (Phi) is 14.0. The third-order valence-corrected chi connectivity index (χ3v) is 6.66. The maximum absolute atomic E-state index is 13.4. The lowest BCUT2D eigenvalue weighted by Crippen LogP contribution is -2.21. The Balaban J connectivity index is 2.20. The molecule has 0 radical (unpaired) electrons. The van der Waals surface area contributed by atoms with E-state index in [1.165, 1.54) is 43.3 Å². The number of allylic oxidation sites excluding steroid dienone is 3. The van der Waals surface area contributed by atoms with Gasteiger partial charge in [-0.15, -0.1) is 0 Å². The van der Waals surface area contributed by atoms with Crippen LogP contribution in [0, 0.1) is 0 Å². The molecular weight excluding hydrogens is 460 g/mol. The van der Waals surface area contributed by atoms with Crippen LogP contribution in [-0.4, -0.2) is 24.3 Å². The van der Waals surface area contributed by atoms with E-state index in [-0.39, 0.29) is 5.56 Å². The molecule has 0 amide bonds. The number of hydrogen-bond acceptors (Lipinski definition) is 4. The third-order valence-electron chi connectivity index (χ3n) is 6.66. The van der Waals surface area contributed by atoms with Gasteiger partial charge in [0, 0.05) is 24.7 Å². The Morgan fingerprint density at radius 1 is 0.919 bits per heavy atom. The first-order valence-electron chi connectivity index (χ1n) is 14.3. The number of ether oxygens (including phenoxy) is 2. The summed E-state index contributed by atoms with van der Waals surface area (Å²) in [4.78, 5) is 13.4. The monoisotopic (exact) mass is 510 g/mol. The van der Waals surface area contributed by atoms with Gasteiger partial charge in [0.2, 0.25) is 5.75 Å². The average Bonchev–Trinajstić information content (AvgIpc) is 2.87. The highest BCUT2D eigenvalue weighted by atomic mass is 16.5. The van der Waals surface area contributed by atoms with Crippen LogP contribution < -0.4 is 20.3 Å². The van der Waals surface area contributed by atoms with Gasteiger partial charge in [0.05, 0.1) is 12.1 Å². The van der Waals surface area contributed by atoms with Crippen LogP contribution in [0.5, 0.6) is 11.5 Å². The first kappa shape index (κ1) is 30.5. The van der Waals surface area contributed by atoms with Gasteiger partial charge < -0.3 is 19.4 Å². The molecule has 2 rings (SSSR count). The number of unbranched alkanes of at least 4 members (excludes halogenated alkanes) is 6. The zero-order valence-electron chi connectivity index (χ0n) is 24.3. The maximum atomic E-state index is 13.4. The smallest absolute Gasteiger partial charge is 0.297 e.